The Balaban J connectivity index is 1.31. The van der Waals surface area contributed by atoms with Crippen LogP contribution < -0.4 is 10.6 Å². The number of halogens is 1. The molecular weight excluding hydrogens is 479 g/mol. The summed E-state index contributed by atoms with van der Waals surface area (Å²) in [4.78, 5) is 41.6. The van der Waals surface area contributed by atoms with E-state index in [2.05, 4.69) is 20.9 Å². The van der Waals surface area contributed by atoms with Crippen molar-refractivity contribution in [3.63, 3.8) is 0 Å². The smallest absolute Gasteiger partial charge is 0.250 e. The molecule has 3 amide bonds. The molecule has 10 nitrogen and oxygen atoms in total. The zero-order valence-electron chi connectivity index (χ0n) is 21.3. The van der Waals surface area contributed by atoms with Gasteiger partial charge in [-0.1, -0.05) is 26.0 Å². The molecule has 3 fully saturated rings. The van der Waals surface area contributed by atoms with Gasteiger partial charge in [-0.3, -0.25) is 14.4 Å². The predicted octanol–water partition coefficient (Wildman–Crippen LogP) is 2.13. The highest BCUT2D eigenvalue weighted by Gasteiger charge is 2.54. The molecule has 1 aliphatic heterocycles. The Morgan fingerprint density at radius 3 is 2.43 bits per heavy atom. The molecule has 1 aromatic heterocycles. The lowest BCUT2D eigenvalue weighted by Gasteiger charge is -2.35. The highest BCUT2D eigenvalue weighted by Crippen LogP contribution is 2.41. The number of hydrogen-bond donors (Lipinski definition) is 3. The summed E-state index contributed by atoms with van der Waals surface area (Å²) in [6.07, 6.45) is 4.04. The first kappa shape index (κ1) is 25.3. The van der Waals surface area contributed by atoms with Gasteiger partial charge in [-0.05, 0) is 55.4 Å². The number of carbonyl (C=O) groups is 3. The van der Waals surface area contributed by atoms with E-state index in [0.29, 0.717) is 24.4 Å². The van der Waals surface area contributed by atoms with Gasteiger partial charge in [-0.25, -0.2) is 9.07 Å². The van der Waals surface area contributed by atoms with Crippen LogP contribution in [0.1, 0.15) is 70.5 Å². The van der Waals surface area contributed by atoms with Crippen molar-refractivity contribution in [1.82, 2.24) is 25.2 Å². The number of aliphatic hydroxyl groups is 1. The van der Waals surface area contributed by atoms with E-state index in [1.54, 1.807) is 4.68 Å². The first-order chi connectivity index (χ1) is 17.5. The molecular formula is C26H33FN6O4. The molecule has 0 radical (unpaired) electrons. The Morgan fingerprint density at radius 1 is 1.16 bits per heavy atom. The molecule has 5 rings (SSSR count). The Hall–Kier alpha value is -3.34. The van der Waals surface area contributed by atoms with Gasteiger partial charge in [-0.2, -0.15) is 0 Å². The Labute approximate surface area is 214 Å². The number of benzene rings is 1. The molecule has 198 valence electrons. The molecule has 0 spiro atoms. The molecule has 0 unspecified atom stereocenters. The van der Waals surface area contributed by atoms with Crippen molar-refractivity contribution >= 4 is 23.4 Å². The summed E-state index contributed by atoms with van der Waals surface area (Å²) in [7, 11) is 0. The Morgan fingerprint density at radius 2 is 1.84 bits per heavy atom. The number of likely N-dealkylation sites (tertiary alicyclic amines) is 1. The quantitative estimate of drug-likeness (QED) is 0.521. The largest absolute Gasteiger partial charge is 0.391 e. The van der Waals surface area contributed by atoms with Crippen molar-refractivity contribution < 1.29 is 23.9 Å². The van der Waals surface area contributed by atoms with Crippen LogP contribution >= 0.6 is 0 Å². The van der Waals surface area contributed by atoms with Gasteiger partial charge in [0, 0.05) is 30.8 Å². The number of carbonyl (C=O) groups excluding carboxylic acids is 3. The summed E-state index contributed by atoms with van der Waals surface area (Å²) in [6, 6.07) is 3.74. The second-order valence-electron chi connectivity index (χ2n) is 11.6. The third-order valence-corrected chi connectivity index (χ3v) is 7.36. The maximum absolute atomic E-state index is 13.9. The van der Waals surface area contributed by atoms with Crippen molar-refractivity contribution in [2.45, 2.75) is 82.5 Å². The highest BCUT2D eigenvalue weighted by molar-refractivity contribution is 6.03. The molecule has 37 heavy (non-hydrogen) atoms. The number of β-amino-alcohol motifs (C(OH)–C–C–N with tert-alkyl or cyclic N) is 1. The van der Waals surface area contributed by atoms with Gasteiger partial charge < -0.3 is 20.6 Å². The summed E-state index contributed by atoms with van der Waals surface area (Å²) in [5.74, 6) is -1.24. The summed E-state index contributed by atoms with van der Waals surface area (Å²) in [5.41, 5.74) is -0.345. The fourth-order valence-corrected chi connectivity index (χ4v) is 4.96. The van der Waals surface area contributed by atoms with Crippen LogP contribution in [0.2, 0.25) is 0 Å². The van der Waals surface area contributed by atoms with Crippen LogP contribution in [-0.4, -0.2) is 67.0 Å². The second-order valence-corrected chi connectivity index (χ2v) is 11.6. The normalized spacial score (nSPS) is 23.4. The van der Waals surface area contributed by atoms with Crippen LogP contribution in [0.4, 0.5) is 10.1 Å². The molecule has 3 atom stereocenters. The van der Waals surface area contributed by atoms with E-state index in [-0.39, 0.29) is 18.9 Å². The maximum atomic E-state index is 13.9. The topological polar surface area (TPSA) is 129 Å². The number of rotatable bonds is 7. The summed E-state index contributed by atoms with van der Waals surface area (Å²) < 4.78 is 14.8. The van der Waals surface area contributed by atoms with E-state index in [1.807, 2.05) is 27.0 Å². The van der Waals surface area contributed by atoms with Crippen molar-refractivity contribution in [2.24, 2.45) is 5.41 Å². The van der Waals surface area contributed by atoms with Crippen LogP contribution in [0, 0.1) is 11.2 Å². The molecule has 3 N–H and O–H groups in total. The number of nitrogens with zero attached hydrogens (tertiary/aromatic N) is 4. The monoisotopic (exact) mass is 512 g/mol. The minimum atomic E-state index is -1.10. The molecule has 3 aliphatic rings. The van der Waals surface area contributed by atoms with Gasteiger partial charge >= 0.3 is 0 Å². The third-order valence-electron chi connectivity index (χ3n) is 7.36. The average Bonchev–Trinajstić information content (AvgIpc) is 3.74. The van der Waals surface area contributed by atoms with Gasteiger partial charge in [0.1, 0.15) is 23.4 Å². The average molecular weight is 513 g/mol. The molecule has 2 saturated carbocycles. The van der Waals surface area contributed by atoms with E-state index in [4.69, 9.17) is 0 Å². The number of amides is 3. The lowest BCUT2D eigenvalue weighted by Crippen LogP contribution is -2.55. The zero-order chi connectivity index (χ0) is 26.5. The second kappa shape index (κ2) is 9.20. The van der Waals surface area contributed by atoms with E-state index in [9.17, 15) is 23.9 Å². The van der Waals surface area contributed by atoms with Crippen molar-refractivity contribution in [2.75, 3.05) is 11.9 Å². The Kier molecular flexibility index (Phi) is 6.29. The molecule has 1 saturated heterocycles. The predicted molar refractivity (Wildman–Crippen MR) is 132 cm³/mol. The maximum Gasteiger partial charge on any atom is 0.250 e. The van der Waals surface area contributed by atoms with Crippen LogP contribution in [0.25, 0.3) is 0 Å². The van der Waals surface area contributed by atoms with E-state index >= 15 is 0 Å². The molecule has 11 heteroatoms. The van der Waals surface area contributed by atoms with Gasteiger partial charge in [0.25, 0.3) is 0 Å². The van der Waals surface area contributed by atoms with Crippen LogP contribution in [0.3, 0.4) is 0 Å². The summed E-state index contributed by atoms with van der Waals surface area (Å²) in [6.45, 7) is 5.79. The standard InChI is InChI=1S/C26H33FN6O4/c1-25(2,3)21(33-14-19(30-31-33)15-4-5-15)23(36)32-13-18(34)12-20(32)22(35)29-26(10-11-26)24(37)28-17-8-6-16(27)7-9-17/h6-9,14-15,18,20-21,34H,4-5,10-13H2,1-3H3,(H,28,37)(H,29,35)/t18-,20+,21-/m1/s1. The first-order valence-corrected chi connectivity index (χ1v) is 12.8. The number of hydrogen-bond acceptors (Lipinski definition) is 6. The van der Waals surface area contributed by atoms with Crippen molar-refractivity contribution in [3.8, 4) is 0 Å². The molecule has 0 bridgehead atoms. The van der Waals surface area contributed by atoms with Gasteiger partial charge in [-0.15, -0.1) is 5.10 Å². The number of nitrogens with one attached hydrogen (secondary N) is 2. The minimum absolute atomic E-state index is 0.0163. The van der Waals surface area contributed by atoms with Gasteiger partial charge in [0.2, 0.25) is 17.7 Å². The number of aromatic nitrogens is 3. The van der Waals surface area contributed by atoms with Crippen molar-refractivity contribution in [3.05, 3.63) is 42.0 Å². The molecule has 2 heterocycles. The van der Waals surface area contributed by atoms with E-state index in [1.165, 1.54) is 29.2 Å². The van der Waals surface area contributed by atoms with E-state index in [0.717, 1.165) is 18.5 Å². The van der Waals surface area contributed by atoms with Gasteiger partial charge in [0.15, 0.2) is 0 Å². The van der Waals surface area contributed by atoms with Crippen LogP contribution in [0.15, 0.2) is 30.5 Å². The molecule has 1 aromatic carbocycles. The highest BCUT2D eigenvalue weighted by atomic mass is 19.1. The lowest BCUT2D eigenvalue weighted by atomic mass is 9.85. The van der Waals surface area contributed by atoms with Crippen molar-refractivity contribution in [1.29, 1.82) is 0 Å². The zero-order valence-corrected chi connectivity index (χ0v) is 21.3. The fraction of sp³-hybridized carbons (Fsp3) is 0.577. The fourth-order valence-electron chi connectivity index (χ4n) is 4.96. The van der Waals surface area contributed by atoms with E-state index < -0.39 is 46.8 Å². The first-order valence-electron chi connectivity index (χ1n) is 12.8. The number of aliphatic hydroxyl groups excluding tert-OH is 1. The summed E-state index contributed by atoms with van der Waals surface area (Å²) >= 11 is 0. The third kappa shape index (κ3) is 5.22. The number of anilines is 1. The van der Waals surface area contributed by atoms with Gasteiger partial charge in [0.05, 0.1) is 11.8 Å². The van der Waals surface area contributed by atoms with Crippen LogP contribution in [-0.2, 0) is 14.4 Å². The van der Waals surface area contributed by atoms with Crippen LogP contribution in [0.5, 0.6) is 0 Å². The lowest BCUT2D eigenvalue weighted by molar-refractivity contribution is -0.144. The molecule has 2 aromatic rings. The molecule has 2 aliphatic carbocycles. The SMILES string of the molecule is CC(C)(C)[C@@H](C(=O)N1C[C@H](O)C[C@H]1C(=O)NC1(C(=O)Nc2ccc(F)cc2)CC1)n1cc(C2CC2)nn1. The minimum Gasteiger partial charge on any atom is -0.391 e. The summed E-state index contributed by atoms with van der Waals surface area (Å²) in [5, 5.41) is 24.5. The Bertz CT molecular complexity index is 1200.